The van der Waals surface area contributed by atoms with Gasteiger partial charge in [-0.3, -0.25) is 0 Å². The van der Waals surface area contributed by atoms with Gasteiger partial charge in [-0.05, 0) is 58.4 Å². The zero-order valence-corrected chi connectivity index (χ0v) is 12.7. The smallest absolute Gasteiger partial charge is 0.00134 e. The van der Waals surface area contributed by atoms with Gasteiger partial charge in [-0.2, -0.15) is 0 Å². The van der Waals surface area contributed by atoms with E-state index in [0.29, 0.717) is 0 Å². The second kappa shape index (κ2) is 5.31. The molecular formula is C22H18. The van der Waals surface area contributed by atoms with E-state index in [2.05, 4.69) is 85.8 Å². The van der Waals surface area contributed by atoms with Crippen LogP contribution in [0.4, 0.5) is 0 Å². The van der Waals surface area contributed by atoms with E-state index in [9.17, 15) is 0 Å². The summed E-state index contributed by atoms with van der Waals surface area (Å²) in [5.41, 5.74) is 9.54. The molecule has 0 fully saturated rings. The van der Waals surface area contributed by atoms with Crippen molar-refractivity contribution >= 4 is 11.6 Å². The molecule has 3 aromatic rings. The van der Waals surface area contributed by atoms with Crippen LogP contribution >= 0.6 is 0 Å². The van der Waals surface area contributed by atoms with E-state index < -0.39 is 0 Å². The molecule has 0 aromatic heterocycles. The van der Waals surface area contributed by atoms with Gasteiger partial charge in [0.1, 0.15) is 0 Å². The van der Waals surface area contributed by atoms with Crippen molar-refractivity contribution in [1.29, 1.82) is 0 Å². The van der Waals surface area contributed by atoms with Gasteiger partial charge in [-0.1, -0.05) is 72.8 Å². The van der Waals surface area contributed by atoms with Gasteiger partial charge in [0.25, 0.3) is 0 Å². The van der Waals surface area contributed by atoms with E-state index in [4.69, 9.17) is 0 Å². The molecular weight excluding hydrogens is 264 g/mol. The van der Waals surface area contributed by atoms with Gasteiger partial charge >= 0.3 is 0 Å². The summed E-state index contributed by atoms with van der Waals surface area (Å²) in [7, 11) is 0. The lowest BCUT2D eigenvalue weighted by atomic mass is 9.98. The molecule has 0 N–H and O–H groups in total. The summed E-state index contributed by atoms with van der Waals surface area (Å²) in [5, 5.41) is 0. The third-order valence-electron chi connectivity index (χ3n) is 4.44. The molecule has 0 bridgehead atoms. The predicted molar refractivity (Wildman–Crippen MR) is 94.7 cm³/mol. The van der Waals surface area contributed by atoms with E-state index in [-0.39, 0.29) is 0 Å². The van der Waals surface area contributed by atoms with Crippen LogP contribution < -0.4 is 0 Å². The van der Waals surface area contributed by atoms with Crippen molar-refractivity contribution in [3.63, 3.8) is 0 Å². The van der Waals surface area contributed by atoms with Crippen LogP contribution in [0, 0.1) is 0 Å². The summed E-state index contributed by atoms with van der Waals surface area (Å²) < 4.78 is 0. The molecule has 1 aliphatic carbocycles. The quantitative estimate of drug-likeness (QED) is 0.406. The number of allylic oxidation sites excluding steroid dienone is 1. The normalized spacial score (nSPS) is 12.9. The Hall–Kier alpha value is -2.60. The average Bonchev–Trinajstić information content (AvgIpc) is 2.93. The van der Waals surface area contributed by atoms with Gasteiger partial charge in [-0.25, -0.2) is 0 Å². The molecule has 4 rings (SSSR count). The highest BCUT2D eigenvalue weighted by Gasteiger charge is 2.17. The van der Waals surface area contributed by atoms with Gasteiger partial charge in [-0.15, -0.1) is 0 Å². The minimum absolute atomic E-state index is 1.06. The van der Waals surface area contributed by atoms with Gasteiger partial charge in [0.2, 0.25) is 0 Å². The van der Waals surface area contributed by atoms with Crippen molar-refractivity contribution in [2.24, 2.45) is 0 Å². The van der Waals surface area contributed by atoms with Crippen LogP contribution in [0.25, 0.3) is 22.8 Å². The molecule has 0 nitrogen and oxygen atoms in total. The first-order valence-electron chi connectivity index (χ1n) is 7.76. The van der Waals surface area contributed by atoms with Crippen molar-refractivity contribution < 1.29 is 0 Å². The third-order valence-corrected chi connectivity index (χ3v) is 4.44. The molecule has 22 heavy (non-hydrogen) atoms. The fourth-order valence-corrected chi connectivity index (χ4v) is 3.25. The van der Waals surface area contributed by atoms with Crippen LogP contribution in [-0.4, -0.2) is 0 Å². The zero-order valence-electron chi connectivity index (χ0n) is 12.7. The van der Waals surface area contributed by atoms with E-state index in [1.165, 1.54) is 39.0 Å². The van der Waals surface area contributed by atoms with E-state index >= 15 is 0 Å². The second-order valence-electron chi connectivity index (χ2n) is 5.94. The molecule has 0 saturated heterocycles. The highest BCUT2D eigenvalue weighted by Crippen LogP contribution is 2.37. The number of hydrogen-bond acceptors (Lipinski definition) is 0. The summed E-state index contributed by atoms with van der Waals surface area (Å²) in [4.78, 5) is 0. The lowest BCUT2D eigenvalue weighted by molar-refractivity contribution is 1.26. The Labute approximate surface area is 131 Å². The van der Waals surface area contributed by atoms with Crippen molar-refractivity contribution in [2.75, 3.05) is 0 Å². The Morgan fingerprint density at radius 1 is 0.773 bits per heavy atom. The van der Waals surface area contributed by atoms with Crippen molar-refractivity contribution in [1.82, 2.24) is 0 Å². The summed E-state index contributed by atoms with van der Waals surface area (Å²) >= 11 is 0. The van der Waals surface area contributed by atoms with E-state index in [1.807, 2.05) is 0 Å². The van der Waals surface area contributed by atoms with Crippen LogP contribution in [0.2, 0.25) is 0 Å². The molecule has 0 unspecified atom stereocenters. The molecule has 3 aromatic carbocycles. The number of hydrogen-bond donors (Lipinski definition) is 0. The molecule has 1 aliphatic rings. The molecule has 0 saturated carbocycles. The van der Waals surface area contributed by atoms with Crippen LogP contribution in [0.3, 0.4) is 0 Å². The molecule has 0 aliphatic heterocycles. The Bertz CT molecular complexity index is 854. The second-order valence-corrected chi connectivity index (χ2v) is 5.94. The van der Waals surface area contributed by atoms with Gasteiger partial charge in [0, 0.05) is 0 Å². The van der Waals surface area contributed by atoms with Crippen molar-refractivity contribution in [3.8, 4) is 11.1 Å². The number of fused-ring (bicyclic) bond motifs is 3. The topological polar surface area (TPSA) is 0 Å². The number of rotatable bonds is 2. The summed E-state index contributed by atoms with van der Waals surface area (Å²) in [6.07, 6.45) is 3.32. The zero-order chi connectivity index (χ0) is 14.9. The highest BCUT2D eigenvalue weighted by molar-refractivity contribution is 5.85. The maximum Gasteiger partial charge on any atom is -0.00134 e. The summed E-state index contributed by atoms with van der Waals surface area (Å²) in [6.45, 7) is 2.19. The standard InChI is InChI=1S/C22H18/c1-16(13-17-7-3-2-4-8-17)18-11-12-20-14-19-9-5-6-10-21(19)22(20)15-18/h2-13,15H,14H2,1H3/b16-13+. The van der Waals surface area contributed by atoms with Crippen molar-refractivity contribution in [3.05, 3.63) is 95.1 Å². The first-order chi connectivity index (χ1) is 10.8. The Kier molecular flexibility index (Phi) is 3.16. The Morgan fingerprint density at radius 3 is 2.36 bits per heavy atom. The molecule has 0 atom stereocenters. The van der Waals surface area contributed by atoms with Gasteiger partial charge in [0.15, 0.2) is 0 Å². The van der Waals surface area contributed by atoms with Gasteiger partial charge in [0.05, 0.1) is 0 Å². The minimum Gasteiger partial charge on any atom is -0.0622 e. The molecule has 106 valence electrons. The van der Waals surface area contributed by atoms with E-state index in [0.717, 1.165) is 6.42 Å². The molecule has 0 radical (unpaired) electrons. The largest absolute Gasteiger partial charge is 0.0622 e. The fourth-order valence-electron chi connectivity index (χ4n) is 3.25. The molecule has 0 spiro atoms. The molecule has 0 heteroatoms. The lowest BCUT2D eigenvalue weighted by Gasteiger charge is -2.07. The Morgan fingerprint density at radius 2 is 1.50 bits per heavy atom. The van der Waals surface area contributed by atoms with Crippen LogP contribution in [0.1, 0.15) is 29.2 Å². The van der Waals surface area contributed by atoms with Crippen molar-refractivity contribution in [2.45, 2.75) is 13.3 Å². The third kappa shape index (κ3) is 2.27. The van der Waals surface area contributed by atoms with Gasteiger partial charge < -0.3 is 0 Å². The molecule has 0 heterocycles. The predicted octanol–water partition coefficient (Wildman–Crippen LogP) is 5.82. The molecule has 0 amide bonds. The fraction of sp³-hybridized carbons (Fsp3) is 0.0909. The Balaban J connectivity index is 1.76. The number of benzene rings is 3. The summed E-state index contributed by atoms with van der Waals surface area (Å²) in [6, 6.07) is 26.1. The lowest BCUT2D eigenvalue weighted by Crippen LogP contribution is -1.85. The maximum absolute atomic E-state index is 2.34. The maximum atomic E-state index is 2.34. The first-order valence-corrected chi connectivity index (χ1v) is 7.76. The van der Waals surface area contributed by atoms with Crippen LogP contribution in [-0.2, 0) is 6.42 Å². The monoisotopic (exact) mass is 282 g/mol. The average molecular weight is 282 g/mol. The van der Waals surface area contributed by atoms with Crippen LogP contribution in [0.15, 0.2) is 72.8 Å². The summed E-state index contributed by atoms with van der Waals surface area (Å²) in [5.74, 6) is 0. The minimum atomic E-state index is 1.06. The highest BCUT2D eigenvalue weighted by atomic mass is 14.2. The van der Waals surface area contributed by atoms with Crippen LogP contribution in [0.5, 0.6) is 0 Å². The van der Waals surface area contributed by atoms with E-state index in [1.54, 1.807) is 0 Å². The SMILES string of the molecule is C/C(=C\c1ccccc1)c1ccc2c(c1)-c1ccccc1C2. The first kappa shape index (κ1) is 13.1.